The van der Waals surface area contributed by atoms with Crippen molar-refractivity contribution in [3.05, 3.63) is 89.5 Å². The van der Waals surface area contributed by atoms with Crippen LogP contribution >= 0.6 is 0 Å². The third-order valence-electron chi connectivity index (χ3n) is 7.26. The molecule has 0 aromatic heterocycles. The van der Waals surface area contributed by atoms with Gasteiger partial charge >= 0.3 is 0 Å². The number of rotatable bonds is 7. The number of amides is 1. The van der Waals surface area contributed by atoms with Crippen LogP contribution in [0.5, 0.6) is 5.75 Å². The zero-order chi connectivity index (χ0) is 25.1. The number of fused-ring (bicyclic) bond motifs is 1. The Hall–Kier alpha value is -3.32. The van der Waals surface area contributed by atoms with E-state index in [2.05, 4.69) is 24.3 Å². The second kappa shape index (κ2) is 10.3. The fraction of sp³-hybridized carbons (Fsp3) is 0.345. The number of carbonyl (C=O) groups excluding carboxylic acids is 1. The summed E-state index contributed by atoms with van der Waals surface area (Å²) in [6.45, 7) is 3.69. The highest BCUT2D eigenvalue weighted by Crippen LogP contribution is 2.34. The van der Waals surface area contributed by atoms with Crippen molar-refractivity contribution in [2.75, 3.05) is 30.5 Å². The Kier molecular flexibility index (Phi) is 7.01. The van der Waals surface area contributed by atoms with Crippen molar-refractivity contribution < 1.29 is 17.9 Å². The lowest BCUT2D eigenvalue weighted by molar-refractivity contribution is -0.134. The predicted octanol–water partition coefficient (Wildman–Crippen LogP) is 4.61. The van der Waals surface area contributed by atoms with Crippen LogP contribution < -0.4 is 9.04 Å². The van der Waals surface area contributed by atoms with E-state index in [0.29, 0.717) is 30.2 Å². The first-order valence-corrected chi connectivity index (χ1v) is 14.0. The quantitative estimate of drug-likeness (QED) is 0.472. The Morgan fingerprint density at radius 2 is 1.67 bits per heavy atom. The molecule has 5 rings (SSSR count). The molecule has 2 aliphatic heterocycles. The van der Waals surface area contributed by atoms with E-state index in [1.54, 1.807) is 18.2 Å². The number of benzene rings is 3. The largest absolute Gasteiger partial charge is 0.483 e. The standard InChI is InChI=1S/C29H32N2O4S/c1-22-19-26(36(33,34)31-18-15-25-9-5-6-10-27(25)31)11-12-28(22)35-21-29(32)30-16-13-24(14-17-30)20-23-7-3-2-4-8-23/h2-12,19,24H,13-18,20-21H2,1H3. The summed E-state index contributed by atoms with van der Waals surface area (Å²) in [5.74, 6) is 1.10. The summed E-state index contributed by atoms with van der Waals surface area (Å²) in [6, 6.07) is 23.0. The van der Waals surface area contributed by atoms with Crippen molar-refractivity contribution >= 4 is 21.6 Å². The maximum atomic E-state index is 13.3. The van der Waals surface area contributed by atoms with E-state index < -0.39 is 10.0 Å². The van der Waals surface area contributed by atoms with Gasteiger partial charge < -0.3 is 9.64 Å². The number of hydrogen-bond donors (Lipinski definition) is 0. The predicted molar refractivity (Wildman–Crippen MR) is 141 cm³/mol. The van der Waals surface area contributed by atoms with Gasteiger partial charge in [0.25, 0.3) is 15.9 Å². The van der Waals surface area contributed by atoms with Crippen molar-refractivity contribution in [2.24, 2.45) is 5.92 Å². The van der Waals surface area contributed by atoms with E-state index in [-0.39, 0.29) is 17.4 Å². The van der Waals surface area contributed by atoms with Crippen molar-refractivity contribution in [3.63, 3.8) is 0 Å². The molecular weight excluding hydrogens is 472 g/mol. The molecule has 1 fully saturated rings. The van der Waals surface area contributed by atoms with Gasteiger partial charge in [-0.05, 0) is 79.5 Å². The number of anilines is 1. The minimum absolute atomic E-state index is 0.0297. The summed E-state index contributed by atoms with van der Waals surface area (Å²) >= 11 is 0. The van der Waals surface area contributed by atoms with Crippen LogP contribution in [0.4, 0.5) is 5.69 Å². The van der Waals surface area contributed by atoms with Crippen molar-refractivity contribution in [3.8, 4) is 5.75 Å². The summed E-state index contributed by atoms with van der Waals surface area (Å²) in [5, 5.41) is 0. The molecule has 0 aliphatic carbocycles. The zero-order valence-corrected chi connectivity index (χ0v) is 21.4. The lowest BCUT2D eigenvalue weighted by atomic mass is 9.90. The number of ether oxygens (including phenoxy) is 1. The first-order chi connectivity index (χ1) is 17.4. The van der Waals surface area contributed by atoms with Crippen molar-refractivity contribution in [1.29, 1.82) is 0 Å². The molecule has 0 saturated carbocycles. The molecule has 3 aromatic rings. The fourth-order valence-corrected chi connectivity index (χ4v) is 6.78. The van der Waals surface area contributed by atoms with Crippen LogP contribution in [-0.2, 0) is 27.7 Å². The van der Waals surface area contributed by atoms with E-state index in [1.165, 1.54) is 9.87 Å². The van der Waals surface area contributed by atoms with Gasteiger partial charge in [-0.3, -0.25) is 9.10 Å². The van der Waals surface area contributed by atoms with Gasteiger partial charge in [0, 0.05) is 19.6 Å². The number of nitrogens with zero attached hydrogens (tertiary/aromatic N) is 2. The zero-order valence-electron chi connectivity index (χ0n) is 20.6. The van der Waals surface area contributed by atoms with Crippen LogP contribution in [0.2, 0.25) is 0 Å². The van der Waals surface area contributed by atoms with Gasteiger partial charge in [-0.1, -0.05) is 48.5 Å². The lowest BCUT2D eigenvalue weighted by Gasteiger charge is -2.32. The number of carbonyl (C=O) groups is 1. The summed E-state index contributed by atoms with van der Waals surface area (Å²) < 4.78 is 33.9. The smallest absolute Gasteiger partial charge is 0.264 e. The summed E-state index contributed by atoms with van der Waals surface area (Å²) in [4.78, 5) is 14.9. The van der Waals surface area contributed by atoms with Gasteiger partial charge in [0.15, 0.2) is 6.61 Å². The minimum Gasteiger partial charge on any atom is -0.483 e. The SMILES string of the molecule is Cc1cc(S(=O)(=O)N2CCc3ccccc32)ccc1OCC(=O)N1CCC(Cc2ccccc2)CC1. The monoisotopic (exact) mass is 504 g/mol. The van der Waals surface area contributed by atoms with Crippen LogP contribution in [0.1, 0.15) is 29.5 Å². The average Bonchev–Trinajstić information content (AvgIpc) is 3.34. The molecule has 0 spiro atoms. The number of likely N-dealkylation sites (tertiary alicyclic amines) is 1. The Balaban J connectivity index is 1.16. The molecule has 2 heterocycles. The molecule has 0 atom stereocenters. The third kappa shape index (κ3) is 5.12. The Morgan fingerprint density at radius 1 is 0.944 bits per heavy atom. The number of aryl methyl sites for hydroxylation is 1. The topological polar surface area (TPSA) is 66.9 Å². The van der Waals surface area contributed by atoms with E-state index in [4.69, 9.17) is 4.74 Å². The van der Waals surface area contributed by atoms with E-state index >= 15 is 0 Å². The van der Waals surface area contributed by atoms with Gasteiger partial charge in [-0.15, -0.1) is 0 Å². The first kappa shape index (κ1) is 24.4. The third-order valence-corrected chi connectivity index (χ3v) is 9.07. The van der Waals surface area contributed by atoms with Gasteiger partial charge in [-0.25, -0.2) is 8.42 Å². The molecule has 36 heavy (non-hydrogen) atoms. The molecule has 6 nitrogen and oxygen atoms in total. The second-order valence-corrected chi connectivity index (χ2v) is 11.5. The van der Waals surface area contributed by atoms with Crippen LogP contribution in [-0.4, -0.2) is 45.5 Å². The number of piperidine rings is 1. The van der Waals surface area contributed by atoms with Gasteiger partial charge in [0.1, 0.15) is 5.75 Å². The average molecular weight is 505 g/mol. The van der Waals surface area contributed by atoms with Crippen LogP contribution in [0, 0.1) is 12.8 Å². The van der Waals surface area contributed by atoms with Gasteiger partial charge in [-0.2, -0.15) is 0 Å². The number of hydrogen-bond acceptors (Lipinski definition) is 4. The normalized spacial score (nSPS) is 16.1. The van der Waals surface area contributed by atoms with Crippen LogP contribution in [0.15, 0.2) is 77.7 Å². The summed E-state index contributed by atoms with van der Waals surface area (Å²) in [7, 11) is -3.67. The van der Waals surface area contributed by atoms with Gasteiger partial charge in [0.05, 0.1) is 10.6 Å². The Labute approximate surface area is 213 Å². The maximum absolute atomic E-state index is 13.3. The summed E-state index contributed by atoms with van der Waals surface area (Å²) in [6.07, 6.45) is 3.75. The molecule has 0 N–H and O–H groups in total. The molecule has 7 heteroatoms. The molecule has 1 saturated heterocycles. The molecule has 188 valence electrons. The Bertz CT molecular complexity index is 1330. The highest BCUT2D eigenvalue weighted by atomic mass is 32.2. The molecule has 0 bridgehead atoms. The second-order valence-electron chi connectivity index (χ2n) is 9.69. The lowest BCUT2D eigenvalue weighted by Crippen LogP contribution is -2.41. The highest BCUT2D eigenvalue weighted by molar-refractivity contribution is 7.92. The first-order valence-electron chi connectivity index (χ1n) is 12.6. The maximum Gasteiger partial charge on any atom is 0.264 e. The van der Waals surface area contributed by atoms with Gasteiger partial charge in [0.2, 0.25) is 0 Å². The summed E-state index contributed by atoms with van der Waals surface area (Å²) in [5.41, 5.74) is 3.83. The van der Waals surface area contributed by atoms with Crippen LogP contribution in [0.25, 0.3) is 0 Å². The Morgan fingerprint density at radius 3 is 2.42 bits per heavy atom. The molecular formula is C29H32N2O4S. The van der Waals surface area contributed by atoms with E-state index in [9.17, 15) is 13.2 Å². The minimum atomic E-state index is -3.67. The van der Waals surface area contributed by atoms with Crippen LogP contribution in [0.3, 0.4) is 0 Å². The molecule has 0 unspecified atom stereocenters. The molecule has 0 radical (unpaired) electrons. The fourth-order valence-electron chi connectivity index (χ4n) is 5.19. The van der Waals surface area contributed by atoms with E-state index in [0.717, 1.165) is 43.6 Å². The molecule has 2 aliphatic rings. The molecule has 3 aromatic carbocycles. The van der Waals surface area contributed by atoms with Crippen molar-refractivity contribution in [1.82, 2.24) is 4.90 Å². The number of para-hydroxylation sites is 1. The van der Waals surface area contributed by atoms with E-state index in [1.807, 2.05) is 42.2 Å². The molecule has 1 amide bonds. The highest BCUT2D eigenvalue weighted by Gasteiger charge is 2.31. The number of sulfonamides is 1. The van der Waals surface area contributed by atoms with Crippen molar-refractivity contribution in [2.45, 2.75) is 37.5 Å².